The largest absolute Gasteiger partial charge is 0.326 e. The summed E-state index contributed by atoms with van der Waals surface area (Å²) in [6, 6.07) is 7.08. The van der Waals surface area contributed by atoms with Crippen molar-refractivity contribution in [2.75, 3.05) is 11.6 Å². The number of nitrogens with one attached hydrogen (secondary N) is 2. The summed E-state index contributed by atoms with van der Waals surface area (Å²) < 4.78 is 11.4. The number of amides is 1. The average molecular weight is 334 g/mol. The molecule has 1 amide bonds. The minimum absolute atomic E-state index is 0.106. The van der Waals surface area contributed by atoms with Gasteiger partial charge in [0.25, 0.3) is 0 Å². The number of benzene rings is 1. The van der Waals surface area contributed by atoms with E-state index < -0.39 is 10.8 Å². The number of rotatable bonds is 5. The van der Waals surface area contributed by atoms with Crippen molar-refractivity contribution in [3.05, 3.63) is 29.3 Å². The second kappa shape index (κ2) is 7.14. The number of piperidine rings is 1. The van der Waals surface area contributed by atoms with Crippen LogP contribution >= 0.6 is 0 Å². The zero-order valence-corrected chi connectivity index (χ0v) is 14.7. The van der Waals surface area contributed by atoms with Crippen LogP contribution in [0.15, 0.2) is 18.2 Å². The monoisotopic (exact) mass is 334 g/mol. The number of fused-ring (bicyclic) bond motifs is 2. The van der Waals surface area contributed by atoms with Gasteiger partial charge in [-0.15, -0.1) is 0 Å². The molecule has 3 rings (SSSR count). The molecule has 0 aliphatic carbocycles. The fourth-order valence-electron chi connectivity index (χ4n) is 4.00. The van der Waals surface area contributed by atoms with Crippen molar-refractivity contribution < 1.29 is 9.00 Å². The Morgan fingerprint density at radius 1 is 1.30 bits per heavy atom. The van der Waals surface area contributed by atoms with E-state index in [1.807, 2.05) is 25.1 Å². The molecule has 3 atom stereocenters. The molecule has 1 aromatic rings. The standard InChI is InChI=1S/C18H26N2O2S/c1-12-14(11-23(2)22)4-3-5-17(12)20-18(21)10-13-8-15-6-7-16(9-13)19-15/h3-5,13,15-16,19H,6-11H2,1-2H3,(H,20,21). The Labute approximate surface area is 140 Å². The summed E-state index contributed by atoms with van der Waals surface area (Å²) >= 11 is 0. The summed E-state index contributed by atoms with van der Waals surface area (Å²) in [6.45, 7) is 1.99. The zero-order valence-electron chi connectivity index (χ0n) is 13.9. The van der Waals surface area contributed by atoms with Crippen LogP contribution in [0, 0.1) is 12.8 Å². The Balaban J connectivity index is 1.60. The van der Waals surface area contributed by atoms with Crippen LogP contribution in [-0.2, 0) is 21.3 Å². The quantitative estimate of drug-likeness (QED) is 0.870. The van der Waals surface area contributed by atoms with Gasteiger partial charge in [-0.25, -0.2) is 0 Å². The van der Waals surface area contributed by atoms with Gasteiger partial charge in [-0.1, -0.05) is 12.1 Å². The summed E-state index contributed by atoms with van der Waals surface area (Å²) in [5, 5.41) is 6.68. The first-order valence-electron chi connectivity index (χ1n) is 8.45. The van der Waals surface area contributed by atoms with E-state index >= 15 is 0 Å². The lowest BCUT2D eigenvalue weighted by atomic mass is 9.89. The molecule has 0 aromatic heterocycles. The van der Waals surface area contributed by atoms with E-state index in [4.69, 9.17) is 0 Å². The maximum atomic E-state index is 12.4. The van der Waals surface area contributed by atoms with Crippen LogP contribution in [-0.4, -0.2) is 28.5 Å². The van der Waals surface area contributed by atoms with Crippen LogP contribution in [0.3, 0.4) is 0 Å². The van der Waals surface area contributed by atoms with Gasteiger partial charge in [0.05, 0.1) is 0 Å². The van der Waals surface area contributed by atoms with E-state index in [9.17, 15) is 9.00 Å². The Morgan fingerprint density at radius 3 is 2.65 bits per heavy atom. The van der Waals surface area contributed by atoms with E-state index in [2.05, 4.69) is 10.6 Å². The average Bonchev–Trinajstić information content (AvgIpc) is 2.82. The summed E-state index contributed by atoms with van der Waals surface area (Å²) in [4.78, 5) is 12.4. The Bertz CT molecular complexity index is 605. The third-order valence-electron chi connectivity index (χ3n) is 5.12. The lowest BCUT2D eigenvalue weighted by Gasteiger charge is -2.28. The third kappa shape index (κ3) is 4.21. The molecule has 3 unspecified atom stereocenters. The van der Waals surface area contributed by atoms with Gasteiger partial charge in [0.2, 0.25) is 5.91 Å². The van der Waals surface area contributed by atoms with Crippen LogP contribution in [0.4, 0.5) is 5.69 Å². The molecule has 0 saturated carbocycles. The lowest BCUT2D eigenvalue weighted by Crippen LogP contribution is -2.39. The van der Waals surface area contributed by atoms with Crippen molar-refractivity contribution in [3.63, 3.8) is 0 Å². The molecule has 2 heterocycles. The van der Waals surface area contributed by atoms with Gasteiger partial charge in [-0.2, -0.15) is 0 Å². The summed E-state index contributed by atoms with van der Waals surface area (Å²) in [6.07, 6.45) is 7.08. The highest BCUT2D eigenvalue weighted by Crippen LogP contribution is 2.33. The van der Waals surface area contributed by atoms with Gasteiger partial charge in [-0.3, -0.25) is 9.00 Å². The molecule has 0 spiro atoms. The normalized spacial score (nSPS) is 27.7. The summed E-state index contributed by atoms with van der Waals surface area (Å²) in [5.41, 5.74) is 2.93. The van der Waals surface area contributed by atoms with Gasteiger partial charge in [0.1, 0.15) is 0 Å². The van der Waals surface area contributed by atoms with E-state index in [-0.39, 0.29) is 5.91 Å². The summed E-state index contributed by atoms with van der Waals surface area (Å²) in [5.74, 6) is 1.14. The number of anilines is 1. The first-order chi connectivity index (χ1) is 11.0. The predicted molar refractivity (Wildman–Crippen MR) is 94.9 cm³/mol. The fourth-order valence-corrected chi connectivity index (χ4v) is 4.75. The Hall–Kier alpha value is -1.20. The highest BCUT2D eigenvalue weighted by atomic mass is 32.2. The summed E-state index contributed by atoms with van der Waals surface area (Å²) in [7, 11) is -0.874. The molecule has 126 valence electrons. The van der Waals surface area contributed by atoms with Gasteiger partial charge < -0.3 is 10.6 Å². The van der Waals surface area contributed by atoms with E-state index in [0.29, 0.717) is 30.2 Å². The van der Waals surface area contributed by atoms with Crippen molar-refractivity contribution in [2.45, 2.75) is 56.9 Å². The maximum Gasteiger partial charge on any atom is 0.224 e. The highest BCUT2D eigenvalue weighted by molar-refractivity contribution is 7.83. The molecule has 2 saturated heterocycles. The minimum Gasteiger partial charge on any atom is -0.326 e. The van der Waals surface area contributed by atoms with Crippen molar-refractivity contribution in [2.24, 2.45) is 5.92 Å². The van der Waals surface area contributed by atoms with E-state index in [0.717, 1.165) is 29.7 Å². The van der Waals surface area contributed by atoms with Crippen LogP contribution in [0.2, 0.25) is 0 Å². The first-order valence-corrected chi connectivity index (χ1v) is 10.2. The van der Waals surface area contributed by atoms with Gasteiger partial charge in [0, 0.05) is 47.0 Å². The van der Waals surface area contributed by atoms with Crippen LogP contribution in [0.1, 0.15) is 43.2 Å². The molecule has 2 aliphatic rings. The smallest absolute Gasteiger partial charge is 0.224 e. The Kier molecular flexibility index (Phi) is 5.17. The lowest BCUT2D eigenvalue weighted by molar-refractivity contribution is -0.117. The molecule has 4 nitrogen and oxygen atoms in total. The SMILES string of the molecule is Cc1c(CS(C)=O)cccc1NC(=O)CC1CC2CCC(C1)N2. The molecule has 2 fully saturated rings. The topological polar surface area (TPSA) is 58.2 Å². The Morgan fingerprint density at radius 2 is 2.00 bits per heavy atom. The minimum atomic E-state index is -0.874. The van der Waals surface area contributed by atoms with Crippen LogP contribution in [0.25, 0.3) is 0 Å². The third-order valence-corrected chi connectivity index (χ3v) is 5.84. The van der Waals surface area contributed by atoms with Crippen molar-refractivity contribution in [1.29, 1.82) is 0 Å². The maximum absolute atomic E-state index is 12.4. The number of hydrogen-bond acceptors (Lipinski definition) is 3. The molecule has 23 heavy (non-hydrogen) atoms. The second-order valence-corrected chi connectivity index (χ2v) is 8.47. The van der Waals surface area contributed by atoms with Crippen molar-refractivity contribution in [1.82, 2.24) is 5.32 Å². The van der Waals surface area contributed by atoms with Gasteiger partial charge in [-0.05, 0) is 55.7 Å². The van der Waals surface area contributed by atoms with Crippen molar-refractivity contribution in [3.8, 4) is 0 Å². The van der Waals surface area contributed by atoms with E-state index in [1.54, 1.807) is 6.26 Å². The van der Waals surface area contributed by atoms with Gasteiger partial charge >= 0.3 is 0 Å². The first kappa shape index (κ1) is 16.7. The number of hydrogen-bond donors (Lipinski definition) is 2. The predicted octanol–water partition coefficient (Wildman–Crippen LogP) is 2.73. The van der Waals surface area contributed by atoms with Crippen molar-refractivity contribution >= 4 is 22.4 Å². The molecule has 0 radical (unpaired) electrons. The zero-order chi connectivity index (χ0) is 16.4. The molecule has 1 aromatic carbocycles. The fraction of sp³-hybridized carbons (Fsp3) is 0.611. The molecular formula is C18H26N2O2S. The van der Waals surface area contributed by atoms with Crippen LogP contribution in [0.5, 0.6) is 0 Å². The number of carbonyl (C=O) groups excluding carboxylic acids is 1. The highest BCUT2D eigenvalue weighted by Gasteiger charge is 2.34. The molecular weight excluding hydrogens is 308 g/mol. The van der Waals surface area contributed by atoms with Crippen LogP contribution < -0.4 is 10.6 Å². The van der Waals surface area contributed by atoms with Gasteiger partial charge in [0.15, 0.2) is 0 Å². The molecule has 2 N–H and O–H groups in total. The second-order valence-electron chi connectivity index (χ2n) is 7.03. The molecule has 2 aliphatic heterocycles. The number of carbonyl (C=O) groups is 1. The molecule has 2 bridgehead atoms. The molecule has 5 heteroatoms. The van der Waals surface area contributed by atoms with E-state index in [1.165, 1.54) is 12.8 Å².